The van der Waals surface area contributed by atoms with Crippen LogP contribution < -0.4 is 58.6 Å². The van der Waals surface area contributed by atoms with Crippen LogP contribution in [0.1, 0.15) is 26.2 Å². The van der Waals surface area contributed by atoms with E-state index in [0.29, 0.717) is 6.42 Å². The zero-order valence-electron chi connectivity index (χ0n) is 8.33. The minimum Gasteiger partial charge on any atom is -0.549 e. The van der Waals surface area contributed by atoms with Crippen LogP contribution >= 0.6 is 0 Å². The number of hydrogen-bond acceptors (Lipinski definition) is 4. The second-order valence-corrected chi connectivity index (χ2v) is 2.33. The first kappa shape index (κ1) is 19.2. The molecule has 0 fully saturated rings. The third-order valence-electron chi connectivity index (χ3n) is 1.42. The summed E-state index contributed by atoms with van der Waals surface area (Å²) in [6.45, 7) is 1.85. The molecule has 0 aromatic rings. The van der Waals surface area contributed by atoms with Gasteiger partial charge in [0.15, 0.2) is 0 Å². The molecule has 64 valence electrons. The van der Waals surface area contributed by atoms with Crippen LogP contribution in [0.25, 0.3) is 0 Å². The van der Waals surface area contributed by atoms with Crippen molar-refractivity contribution in [2.45, 2.75) is 26.2 Å². The Bertz CT molecular complexity index is 149. The molecular weight excluding hydrogens is 178 g/mol. The van der Waals surface area contributed by atoms with Crippen molar-refractivity contribution in [2.75, 3.05) is 0 Å². The molecule has 13 heavy (non-hydrogen) atoms. The van der Waals surface area contributed by atoms with Crippen LogP contribution in [0.15, 0.2) is 0 Å². The van der Waals surface area contributed by atoms with Crippen molar-refractivity contribution in [3.63, 3.8) is 0 Å². The Labute approximate surface area is 112 Å². The smallest absolute Gasteiger partial charge is 0.549 e. The predicted molar refractivity (Wildman–Crippen MR) is 33.0 cm³/mol. The Hall–Kier alpha value is 0.537. The maximum atomic E-state index is 10.1. The third kappa shape index (κ3) is 8.86. The van der Waals surface area contributed by atoms with E-state index in [1.54, 1.807) is 0 Å². The van der Waals surface area contributed by atoms with Gasteiger partial charge in [-0.1, -0.05) is 19.8 Å². The summed E-state index contributed by atoms with van der Waals surface area (Å²) in [6.07, 6.45) is 1.42. The quantitative estimate of drug-likeness (QED) is 0.317. The summed E-state index contributed by atoms with van der Waals surface area (Å²) in [7, 11) is 0. The Morgan fingerprint density at radius 2 is 1.62 bits per heavy atom. The zero-order valence-corrected chi connectivity index (χ0v) is 10.3. The summed E-state index contributed by atoms with van der Waals surface area (Å²) >= 11 is 0. The van der Waals surface area contributed by atoms with Gasteiger partial charge in [-0.25, -0.2) is 0 Å². The van der Waals surface area contributed by atoms with E-state index in [2.05, 4.69) is 0 Å². The summed E-state index contributed by atoms with van der Waals surface area (Å²) in [4.78, 5) is 20.2. The van der Waals surface area contributed by atoms with Crippen LogP contribution in [0.2, 0.25) is 0 Å². The molecular formula is C7H10LiNaO4. The molecule has 0 amide bonds. The van der Waals surface area contributed by atoms with Gasteiger partial charge in [0.2, 0.25) is 0 Å². The van der Waals surface area contributed by atoms with E-state index < -0.39 is 17.9 Å². The summed E-state index contributed by atoms with van der Waals surface area (Å²) < 4.78 is 0. The van der Waals surface area contributed by atoms with Crippen molar-refractivity contribution >= 4 is 11.9 Å². The van der Waals surface area contributed by atoms with E-state index in [9.17, 15) is 19.8 Å². The van der Waals surface area contributed by atoms with Gasteiger partial charge in [0.1, 0.15) is 0 Å². The van der Waals surface area contributed by atoms with E-state index in [1.165, 1.54) is 0 Å². The Morgan fingerprint density at radius 1 is 1.23 bits per heavy atom. The molecule has 0 saturated heterocycles. The fourth-order valence-electron chi connectivity index (χ4n) is 0.740. The zero-order chi connectivity index (χ0) is 8.85. The molecule has 4 nitrogen and oxygen atoms in total. The number of carbonyl (C=O) groups excluding carboxylic acids is 2. The SMILES string of the molecule is CCCCC(C(=O)[O-])C(=O)[O-].[Li+].[Na+]. The van der Waals surface area contributed by atoms with Gasteiger partial charge in [0.05, 0.1) is 11.9 Å². The van der Waals surface area contributed by atoms with Gasteiger partial charge in [0, 0.05) is 5.92 Å². The summed E-state index contributed by atoms with van der Waals surface area (Å²) in [5, 5.41) is 20.2. The molecule has 0 aromatic carbocycles. The van der Waals surface area contributed by atoms with Gasteiger partial charge in [-0.3, -0.25) is 0 Å². The minimum atomic E-state index is -1.56. The molecule has 0 aromatic heterocycles. The fraction of sp³-hybridized carbons (Fsp3) is 0.714. The third-order valence-corrected chi connectivity index (χ3v) is 1.42. The number of unbranched alkanes of at least 4 members (excludes halogenated alkanes) is 1. The Kier molecular flexibility index (Phi) is 15.7. The number of carboxylic acids is 2. The van der Waals surface area contributed by atoms with E-state index in [0.717, 1.165) is 6.42 Å². The molecule has 0 unspecified atom stereocenters. The van der Waals surface area contributed by atoms with Crippen molar-refractivity contribution in [1.29, 1.82) is 0 Å². The first-order valence-electron chi connectivity index (χ1n) is 3.51. The van der Waals surface area contributed by atoms with Crippen molar-refractivity contribution in [3.05, 3.63) is 0 Å². The van der Waals surface area contributed by atoms with Crippen LogP contribution in [0.5, 0.6) is 0 Å². The van der Waals surface area contributed by atoms with Crippen LogP contribution in [0, 0.1) is 5.92 Å². The fourth-order valence-corrected chi connectivity index (χ4v) is 0.740. The molecule has 0 N–H and O–H groups in total. The Morgan fingerprint density at radius 3 is 1.85 bits per heavy atom. The minimum absolute atomic E-state index is 0. The van der Waals surface area contributed by atoms with Gasteiger partial charge in [-0.2, -0.15) is 0 Å². The van der Waals surface area contributed by atoms with E-state index in [4.69, 9.17) is 0 Å². The molecule has 0 aliphatic carbocycles. The molecule has 0 aliphatic heterocycles. The number of aliphatic carboxylic acids is 2. The molecule has 0 atom stereocenters. The van der Waals surface area contributed by atoms with Gasteiger partial charge >= 0.3 is 48.4 Å². The molecule has 0 aliphatic rings. The van der Waals surface area contributed by atoms with E-state index in [1.807, 2.05) is 6.92 Å². The number of rotatable bonds is 5. The second-order valence-electron chi connectivity index (χ2n) is 2.33. The molecule has 0 radical (unpaired) electrons. The van der Waals surface area contributed by atoms with E-state index >= 15 is 0 Å². The predicted octanol–water partition coefficient (Wildman–Crippen LogP) is -7.70. The van der Waals surface area contributed by atoms with Crippen LogP contribution in [0.4, 0.5) is 0 Å². The number of hydrogen-bond donors (Lipinski definition) is 0. The summed E-state index contributed by atoms with van der Waals surface area (Å²) in [6, 6.07) is 0. The number of carboxylic acid groups (broad SMARTS) is 2. The van der Waals surface area contributed by atoms with Crippen molar-refractivity contribution < 1.29 is 68.2 Å². The van der Waals surface area contributed by atoms with Gasteiger partial charge in [0.25, 0.3) is 0 Å². The van der Waals surface area contributed by atoms with Crippen molar-refractivity contribution in [2.24, 2.45) is 5.92 Å². The van der Waals surface area contributed by atoms with Crippen LogP contribution in [-0.4, -0.2) is 11.9 Å². The second kappa shape index (κ2) is 10.6. The maximum absolute atomic E-state index is 10.1. The standard InChI is InChI=1S/C7H12O4.Li.Na/c1-2-3-4-5(6(8)9)7(10)11;;/h5H,2-4H2,1H3,(H,8,9)(H,10,11);;/q;2*+1/p-2. The largest absolute Gasteiger partial charge is 1.00 e. The van der Waals surface area contributed by atoms with Gasteiger partial charge in [-0.05, 0) is 6.42 Å². The molecule has 0 saturated carbocycles. The molecule has 6 heteroatoms. The normalized spacial score (nSPS) is 8.46. The first-order chi connectivity index (χ1) is 5.09. The topological polar surface area (TPSA) is 80.3 Å². The molecule has 0 bridgehead atoms. The maximum Gasteiger partial charge on any atom is 1.00 e. The molecule has 0 rings (SSSR count). The van der Waals surface area contributed by atoms with Crippen molar-refractivity contribution in [3.8, 4) is 0 Å². The van der Waals surface area contributed by atoms with Crippen LogP contribution in [-0.2, 0) is 9.59 Å². The number of carbonyl (C=O) groups is 2. The first-order valence-corrected chi connectivity index (χ1v) is 3.51. The Balaban J connectivity index is -0.000000500. The van der Waals surface area contributed by atoms with Crippen molar-refractivity contribution in [1.82, 2.24) is 0 Å². The molecule has 0 heterocycles. The monoisotopic (exact) mass is 188 g/mol. The summed E-state index contributed by atoms with van der Waals surface area (Å²) in [5.74, 6) is -4.56. The van der Waals surface area contributed by atoms with Gasteiger partial charge < -0.3 is 19.8 Å². The van der Waals surface area contributed by atoms with Gasteiger partial charge in [-0.15, -0.1) is 0 Å². The summed E-state index contributed by atoms with van der Waals surface area (Å²) in [5.41, 5.74) is 0. The molecule has 0 spiro atoms. The average Bonchev–Trinajstić information content (AvgIpc) is 1.87. The average molecular weight is 188 g/mol. The van der Waals surface area contributed by atoms with E-state index in [-0.39, 0.29) is 54.8 Å². The van der Waals surface area contributed by atoms with Crippen LogP contribution in [0.3, 0.4) is 0 Å².